The fourth-order valence-corrected chi connectivity index (χ4v) is 4.96. The second kappa shape index (κ2) is 5.66. The van der Waals surface area contributed by atoms with Gasteiger partial charge in [-0.15, -0.1) is 11.8 Å². The van der Waals surface area contributed by atoms with E-state index in [1.807, 2.05) is 41.7 Å². The zero-order valence-electron chi connectivity index (χ0n) is 13.1. The average molecular weight is 356 g/mol. The minimum absolute atomic E-state index is 0.0824. The van der Waals surface area contributed by atoms with Crippen LogP contribution >= 0.6 is 35.0 Å². The summed E-state index contributed by atoms with van der Waals surface area (Å²) in [6, 6.07) is 5.75. The quantitative estimate of drug-likeness (QED) is 0.774. The second-order valence-electron chi connectivity index (χ2n) is 6.25. The lowest BCUT2D eigenvalue weighted by Gasteiger charge is -2.27. The van der Waals surface area contributed by atoms with Crippen molar-refractivity contribution in [3.05, 3.63) is 45.1 Å². The molecule has 1 unspecified atom stereocenters. The summed E-state index contributed by atoms with van der Waals surface area (Å²) in [5.74, 6) is 1.08. The van der Waals surface area contributed by atoms with E-state index in [0.29, 0.717) is 10.0 Å². The Kier molecular flexibility index (Phi) is 4.12. The predicted octanol–water partition coefficient (Wildman–Crippen LogP) is 5.06. The summed E-state index contributed by atoms with van der Waals surface area (Å²) in [5, 5.41) is 9.63. The van der Waals surface area contributed by atoms with E-state index in [-0.39, 0.29) is 10.00 Å². The maximum atomic E-state index is 6.49. The van der Waals surface area contributed by atoms with Gasteiger partial charge in [-0.3, -0.25) is 4.68 Å². The number of thioether (sulfide) groups is 1. The second-order valence-corrected chi connectivity index (χ2v) is 8.90. The van der Waals surface area contributed by atoms with Crippen LogP contribution in [0.15, 0.2) is 18.2 Å². The molecular weight excluding hydrogens is 337 g/mol. The van der Waals surface area contributed by atoms with Crippen molar-refractivity contribution in [2.24, 2.45) is 7.05 Å². The first-order chi connectivity index (χ1) is 10.3. The molecule has 3 rings (SSSR count). The Labute approximate surface area is 145 Å². The predicted molar refractivity (Wildman–Crippen MR) is 96.4 cm³/mol. The SMILES string of the molecule is Cc1nn(C)c2c1C(c1ccc(Cl)cc1Cl)SC(C)(C)CN2. The Hall–Kier alpha value is -0.840. The largest absolute Gasteiger partial charge is 0.369 e. The van der Waals surface area contributed by atoms with E-state index in [1.165, 1.54) is 5.56 Å². The first-order valence-electron chi connectivity index (χ1n) is 7.18. The van der Waals surface area contributed by atoms with Crippen molar-refractivity contribution in [3.63, 3.8) is 0 Å². The normalized spacial score (nSPS) is 20.2. The highest BCUT2D eigenvalue weighted by atomic mass is 35.5. The van der Waals surface area contributed by atoms with Crippen LogP contribution in [-0.2, 0) is 7.05 Å². The summed E-state index contributed by atoms with van der Waals surface area (Å²) in [6.07, 6.45) is 0. The highest BCUT2D eigenvalue weighted by Gasteiger charge is 2.35. The minimum atomic E-state index is 0.0824. The Morgan fingerprint density at radius 2 is 2.09 bits per heavy atom. The molecule has 0 aliphatic carbocycles. The first kappa shape index (κ1) is 16.0. The number of hydrogen-bond donors (Lipinski definition) is 1. The molecule has 2 aromatic rings. The van der Waals surface area contributed by atoms with E-state index in [1.54, 1.807) is 0 Å². The van der Waals surface area contributed by atoms with E-state index >= 15 is 0 Å². The Morgan fingerprint density at radius 3 is 2.77 bits per heavy atom. The van der Waals surface area contributed by atoms with E-state index in [9.17, 15) is 0 Å². The van der Waals surface area contributed by atoms with Crippen molar-refractivity contribution in [2.45, 2.75) is 30.8 Å². The summed E-state index contributed by atoms with van der Waals surface area (Å²) in [7, 11) is 1.97. The topological polar surface area (TPSA) is 29.9 Å². The van der Waals surface area contributed by atoms with Gasteiger partial charge in [-0.2, -0.15) is 5.10 Å². The molecular formula is C16H19Cl2N3S. The number of anilines is 1. The standard InChI is InChI=1S/C16H19Cl2N3S/c1-9-13-14(11-6-5-10(17)7-12(11)18)22-16(2,3)8-19-15(13)21(4)20-9/h5-7,14,19H,8H2,1-4H3. The maximum absolute atomic E-state index is 6.49. The number of rotatable bonds is 1. The van der Waals surface area contributed by atoms with Crippen molar-refractivity contribution in [1.82, 2.24) is 9.78 Å². The Balaban J connectivity index is 2.19. The number of fused-ring (bicyclic) bond motifs is 1. The van der Waals surface area contributed by atoms with E-state index in [2.05, 4.69) is 31.2 Å². The molecule has 1 aliphatic heterocycles. The van der Waals surface area contributed by atoms with Gasteiger partial charge in [0.1, 0.15) is 5.82 Å². The molecule has 0 fully saturated rings. The number of nitrogens with one attached hydrogen (secondary N) is 1. The lowest BCUT2D eigenvalue weighted by atomic mass is 10.0. The maximum Gasteiger partial charge on any atom is 0.128 e. The molecule has 6 heteroatoms. The lowest BCUT2D eigenvalue weighted by Crippen LogP contribution is -2.26. The third-order valence-electron chi connectivity index (χ3n) is 3.89. The number of halogens is 2. The van der Waals surface area contributed by atoms with E-state index < -0.39 is 0 Å². The van der Waals surface area contributed by atoms with Gasteiger partial charge < -0.3 is 5.32 Å². The van der Waals surface area contributed by atoms with Gasteiger partial charge in [0.25, 0.3) is 0 Å². The molecule has 2 heterocycles. The number of nitrogens with zero attached hydrogens (tertiary/aromatic N) is 2. The van der Waals surface area contributed by atoms with Gasteiger partial charge in [0, 0.05) is 33.9 Å². The van der Waals surface area contributed by atoms with Crippen LogP contribution in [0.25, 0.3) is 0 Å². The van der Waals surface area contributed by atoms with Crippen molar-refractivity contribution < 1.29 is 0 Å². The molecule has 0 bridgehead atoms. The first-order valence-corrected chi connectivity index (χ1v) is 8.82. The van der Waals surface area contributed by atoms with Gasteiger partial charge in [0.15, 0.2) is 0 Å². The summed E-state index contributed by atoms with van der Waals surface area (Å²) in [5.41, 5.74) is 3.33. The number of hydrogen-bond acceptors (Lipinski definition) is 3. The average Bonchev–Trinajstić information content (AvgIpc) is 2.59. The van der Waals surface area contributed by atoms with Crippen LogP contribution in [0, 0.1) is 6.92 Å². The third kappa shape index (κ3) is 2.84. The molecule has 3 nitrogen and oxygen atoms in total. The molecule has 0 radical (unpaired) electrons. The van der Waals surface area contributed by atoms with Crippen molar-refractivity contribution in [1.29, 1.82) is 0 Å². The van der Waals surface area contributed by atoms with Crippen LogP contribution in [0.4, 0.5) is 5.82 Å². The minimum Gasteiger partial charge on any atom is -0.369 e. The molecule has 1 aromatic heterocycles. The number of aromatic nitrogens is 2. The van der Waals surface area contributed by atoms with Crippen LogP contribution < -0.4 is 5.32 Å². The molecule has 0 spiro atoms. The van der Waals surface area contributed by atoms with Gasteiger partial charge >= 0.3 is 0 Å². The summed E-state index contributed by atoms with van der Waals surface area (Å²) >= 11 is 14.5. The molecule has 22 heavy (non-hydrogen) atoms. The zero-order valence-corrected chi connectivity index (χ0v) is 15.4. The van der Waals surface area contributed by atoms with Gasteiger partial charge in [-0.05, 0) is 38.5 Å². The summed E-state index contributed by atoms with van der Waals surface area (Å²) < 4.78 is 2.00. The van der Waals surface area contributed by atoms with Crippen molar-refractivity contribution in [3.8, 4) is 0 Å². The van der Waals surface area contributed by atoms with Gasteiger partial charge in [-0.1, -0.05) is 29.3 Å². The van der Waals surface area contributed by atoms with Crippen LogP contribution in [0.3, 0.4) is 0 Å². The summed E-state index contributed by atoms with van der Waals surface area (Å²) in [6.45, 7) is 7.42. The van der Waals surface area contributed by atoms with Crippen LogP contribution in [0.1, 0.15) is 35.9 Å². The van der Waals surface area contributed by atoms with Gasteiger partial charge in [-0.25, -0.2) is 0 Å². The monoisotopic (exact) mass is 355 g/mol. The van der Waals surface area contributed by atoms with Gasteiger partial charge in [0.2, 0.25) is 0 Å². The van der Waals surface area contributed by atoms with Gasteiger partial charge in [0.05, 0.1) is 10.9 Å². The fourth-order valence-electron chi connectivity index (χ4n) is 2.85. The third-order valence-corrected chi connectivity index (χ3v) is 5.96. The molecule has 1 aliphatic rings. The van der Waals surface area contributed by atoms with E-state index in [4.69, 9.17) is 23.2 Å². The van der Waals surface area contributed by atoms with Crippen LogP contribution in [-0.4, -0.2) is 21.1 Å². The Bertz CT molecular complexity index is 724. The lowest BCUT2D eigenvalue weighted by molar-refractivity contribution is 0.721. The van der Waals surface area contributed by atoms with Crippen molar-refractivity contribution in [2.75, 3.05) is 11.9 Å². The fraction of sp³-hybridized carbons (Fsp3) is 0.438. The molecule has 118 valence electrons. The van der Waals surface area contributed by atoms with Crippen LogP contribution in [0.5, 0.6) is 0 Å². The van der Waals surface area contributed by atoms with Crippen molar-refractivity contribution >= 4 is 40.8 Å². The number of aryl methyl sites for hydroxylation is 2. The van der Waals surface area contributed by atoms with Crippen LogP contribution in [0.2, 0.25) is 10.0 Å². The van der Waals surface area contributed by atoms with E-state index in [0.717, 1.165) is 23.6 Å². The molecule has 1 N–H and O–H groups in total. The highest BCUT2D eigenvalue weighted by molar-refractivity contribution is 8.01. The number of benzene rings is 1. The zero-order chi connectivity index (χ0) is 16.1. The Morgan fingerprint density at radius 1 is 1.36 bits per heavy atom. The summed E-state index contributed by atoms with van der Waals surface area (Å²) in [4.78, 5) is 0. The molecule has 0 amide bonds. The molecule has 1 atom stereocenters. The highest BCUT2D eigenvalue weighted by Crippen LogP contribution is 2.50. The molecule has 0 saturated heterocycles. The molecule has 0 saturated carbocycles. The molecule has 1 aromatic carbocycles. The smallest absolute Gasteiger partial charge is 0.128 e.